The van der Waals surface area contributed by atoms with Crippen LogP contribution in [-0.4, -0.2) is 53.5 Å². The Morgan fingerprint density at radius 2 is 2.37 bits per heavy atom. The summed E-state index contributed by atoms with van der Waals surface area (Å²) in [5.41, 5.74) is 5.90. The molecule has 1 aromatic rings. The molecule has 2 rings (SSSR count). The van der Waals surface area contributed by atoms with Crippen LogP contribution in [0.5, 0.6) is 0 Å². The molecule has 0 radical (unpaired) electrons. The van der Waals surface area contributed by atoms with Crippen molar-refractivity contribution in [2.24, 2.45) is 0 Å². The van der Waals surface area contributed by atoms with Gasteiger partial charge in [0.1, 0.15) is 10.7 Å². The topological polar surface area (TPSA) is 62.5 Å². The van der Waals surface area contributed by atoms with E-state index in [-0.39, 0.29) is 5.91 Å². The summed E-state index contributed by atoms with van der Waals surface area (Å²) < 4.78 is 0. The molecule has 0 aromatic carbocycles. The van der Waals surface area contributed by atoms with Gasteiger partial charge in [-0.2, -0.15) is 11.8 Å². The van der Waals surface area contributed by atoms with Gasteiger partial charge in [-0.05, 0) is 6.92 Å². The van der Waals surface area contributed by atoms with Gasteiger partial charge in [-0.25, -0.2) is 4.98 Å². The number of rotatable bonds is 3. The molecule has 2 heterocycles. The summed E-state index contributed by atoms with van der Waals surface area (Å²) in [7, 11) is 1.95. The number of nitrogens with zero attached hydrogens (tertiary/aromatic N) is 3. The maximum Gasteiger partial charge on any atom is 0.267 e. The predicted octanol–water partition coefficient (Wildman–Crippen LogP) is 1.76. The Labute approximate surface area is 122 Å². The Kier molecular flexibility index (Phi) is 4.57. The molecule has 19 heavy (non-hydrogen) atoms. The fourth-order valence-electron chi connectivity index (χ4n) is 1.92. The second-order valence-electron chi connectivity index (χ2n) is 4.66. The van der Waals surface area contributed by atoms with Crippen LogP contribution in [0.4, 0.5) is 10.9 Å². The zero-order valence-corrected chi connectivity index (χ0v) is 13.2. The molecule has 0 spiro atoms. The number of nitrogen functional groups attached to an aromatic ring is 1. The summed E-state index contributed by atoms with van der Waals surface area (Å²) >= 11 is 3.29. The Morgan fingerprint density at radius 3 is 3.00 bits per heavy atom. The van der Waals surface area contributed by atoms with E-state index in [2.05, 4.69) is 11.9 Å². The van der Waals surface area contributed by atoms with Crippen LogP contribution < -0.4 is 10.6 Å². The first kappa shape index (κ1) is 14.5. The molecule has 106 valence electrons. The smallest absolute Gasteiger partial charge is 0.267 e. The standard InChI is InChI=1S/C12H20N4OS2/c1-4-15(3)12-14-10(13)9(19-12)11(17)16-5-6-18-8(2)7-16/h8H,4-7,13H2,1-3H3. The van der Waals surface area contributed by atoms with Crippen LogP contribution in [0.2, 0.25) is 0 Å². The van der Waals surface area contributed by atoms with Crippen molar-refractivity contribution >= 4 is 40.0 Å². The van der Waals surface area contributed by atoms with E-state index in [1.807, 2.05) is 35.5 Å². The number of aromatic nitrogens is 1. The van der Waals surface area contributed by atoms with E-state index in [0.29, 0.717) is 15.9 Å². The van der Waals surface area contributed by atoms with Crippen LogP contribution in [0.15, 0.2) is 0 Å². The molecule has 0 bridgehead atoms. The highest BCUT2D eigenvalue weighted by Gasteiger charge is 2.26. The first-order valence-electron chi connectivity index (χ1n) is 6.41. The molecule has 1 fully saturated rings. The molecule has 5 nitrogen and oxygen atoms in total. The molecular weight excluding hydrogens is 280 g/mol. The molecule has 1 aliphatic heterocycles. The van der Waals surface area contributed by atoms with E-state index in [0.717, 1.165) is 30.5 Å². The minimum atomic E-state index is 0.0258. The van der Waals surface area contributed by atoms with Crippen LogP contribution in [0.1, 0.15) is 23.5 Å². The van der Waals surface area contributed by atoms with Gasteiger partial charge >= 0.3 is 0 Å². The molecule has 1 atom stereocenters. The molecule has 1 unspecified atom stereocenters. The van der Waals surface area contributed by atoms with Gasteiger partial charge < -0.3 is 15.5 Å². The number of thiazole rings is 1. The van der Waals surface area contributed by atoms with Crippen LogP contribution in [0, 0.1) is 0 Å². The lowest BCUT2D eigenvalue weighted by Gasteiger charge is -2.30. The normalized spacial score (nSPS) is 19.5. The van der Waals surface area contributed by atoms with E-state index in [4.69, 9.17) is 5.73 Å². The monoisotopic (exact) mass is 300 g/mol. The molecule has 7 heteroatoms. The molecule has 0 aliphatic carbocycles. The zero-order valence-electron chi connectivity index (χ0n) is 11.5. The third-order valence-corrected chi connectivity index (χ3v) is 5.48. The largest absolute Gasteiger partial charge is 0.382 e. The average molecular weight is 300 g/mol. The highest BCUT2D eigenvalue weighted by molar-refractivity contribution is 7.99. The lowest BCUT2D eigenvalue weighted by molar-refractivity contribution is 0.0769. The first-order valence-corrected chi connectivity index (χ1v) is 8.27. The molecule has 1 aromatic heterocycles. The van der Waals surface area contributed by atoms with Crippen LogP contribution in [0.25, 0.3) is 0 Å². The highest BCUT2D eigenvalue weighted by Crippen LogP contribution is 2.29. The second kappa shape index (κ2) is 6.00. The van der Waals surface area contributed by atoms with Gasteiger partial charge in [0, 0.05) is 37.7 Å². The van der Waals surface area contributed by atoms with Crippen molar-refractivity contribution in [1.82, 2.24) is 9.88 Å². The summed E-state index contributed by atoms with van der Waals surface area (Å²) in [5, 5.41) is 1.30. The van der Waals surface area contributed by atoms with Gasteiger partial charge in [0.15, 0.2) is 5.13 Å². The summed E-state index contributed by atoms with van der Waals surface area (Å²) in [6, 6.07) is 0. The fraction of sp³-hybridized carbons (Fsp3) is 0.667. The quantitative estimate of drug-likeness (QED) is 0.921. The minimum absolute atomic E-state index is 0.0258. The van der Waals surface area contributed by atoms with Crippen molar-refractivity contribution in [2.75, 3.05) is 43.1 Å². The van der Waals surface area contributed by atoms with Gasteiger partial charge in [0.2, 0.25) is 0 Å². The van der Waals surface area contributed by atoms with Gasteiger partial charge in [0.25, 0.3) is 5.91 Å². The Balaban J connectivity index is 2.16. The number of thioether (sulfide) groups is 1. The Hall–Kier alpha value is -0.950. The number of carbonyl (C=O) groups excluding carboxylic acids is 1. The minimum Gasteiger partial charge on any atom is -0.382 e. The van der Waals surface area contributed by atoms with Crippen molar-refractivity contribution in [3.05, 3.63) is 4.88 Å². The number of hydrogen-bond acceptors (Lipinski definition) is 6. The predicted molar refractivity (Wildman–Crippen MR) is 83.3 cm³/mol. The SMILES string of the molecule is CCN(C)c1nc(N)c(C(=O)N2CCSC(C)C2)s1. The van der Waals surface area contributed by atoms with Crippen LogP contribution in [0.3, 0.4) is 0 Å². The van der Waals surface area contributed by atoms with Crippen molar-refractivity contribution in [3.63, 3.8) is 0 Å². The Bertz CT molecular complexity index is 463. The van der Waals surface area contributed by atoms with Crippen LogP contribution in [-0.2, 0) is 0 Å². The summed E-state index contributed by atoms with van der Waals surface area (Å²) in [6.07, 6.45) is 0. The van der Waals surface area contributed by atoms with Gasteiger partial charge in [-0.3, -0.25) is 4.79 Å². The second-order valence-corrected chi connectivity index (χ2v) is 7.18. The van der Waals surface area contributed by atoms with Crippen molar-refractivity contribution in [2.45, 2.75) is 19.1 Å². The molecular formula is C12H20N4OS2. The summed E-state index contributed by atoms with van der Waals surface area (Å²) in [5.74, 6) is 1.38. The number of amides is 1. The van der Waals surface area contributed by atoms with Crippen LogP contribution >= 0.6 is 23.1 Å². The molecule has 0 saturated carbocycles. The van der Waals surface area contributed by atoms with E-state index in [1.54, 1.807) is 0 Å². The van der Waals surface area contributed by atoms with Gasteiger partial charge in [-0.15, -0.1) is 0 Å². The van der Waals surface area contributed by atoms with E-state index < -0.39 is 0 Å². The fourth-order valence-corrected chi connectivity index (χ4v) is 3.91. The molecule has 1 saturated heterocycles. The van der Waals surface area contributed by atoms with Gasteiger partial charge in [-0.1, -0.05) is 18.3 Å². The highest BCUT2D eigenvalue weighted by atomic mass is 32.2. The maximum absolute atomic E-state index is 12.5. The molecule has 2 N–H and O–H groups in total. The van der Waals surface area contributed by atoms with E-state index >= 15 is 0 Å². The summed E-state index contributed by atoms with van der Waals surface area (Å²) in [6.45, 7) is 6.63. The third kappa shape index (κ3) is 3.14. The van der Waals surface area contributed by atoms with Crippen molar-refractivity contribution in [1.29, 1.82) is 0 Å². The number of carbonyl (C=O) groups is 1. The zero-order chi connectivity index (χ0) is 14.0. The van der Waals surface area contributed by atoms with Gasteiger partial charge in [0.05, 0.1) is 0 Å². The van der Waals surface area contributed by atoms with E-state index in [1.165, 1.54) is 11.3 Å². The number of nitrogens with two attached hydrogens (primary N) is 1. The third-order valence-electron chi connectivity index (χ3n) is 3.17. The van der Waals surface area contributed by atoms with E-state index in [9.17, 15) is 4.79 Å². The number of anilines is 2. The average Bonchev–Trinajstić information content (AvgIpc) is 2.79. The summed E-state index contributed by atoms with van der Waals surface area (Å²) in [4.78, 5) is 21.2. The lowest BCUT2D eigenvalue weighted by Crippen LogP contribution is -2.40. The first-order chi connectivity index (χ1) is 9.02. The lowest BCUT2D eigenvalue weighted by atomic mass is 10.3. The maximum atomic E-state index is 12.5. The van der Waals surface area contributed by atoms with Crippen molar-refractivity contribution < 1.29 is 4.79 Å². The molecule has 1 amide bonds. The molecule has 1 aliphatic rings. The number of hydrogen-bond donors (Lipinski definition) is 1. The Morgan fingerprint density at radius 1 is 1.63 bits per heavy atom. The van der Waals surface area contributed by atoms with Crippen molar-refractivity contribution in [3.8, 4) is 0 Å².